The molecule has 0 fully saturated rings. The van der Waals surface area contributed by atoms with Crippen molar-refractivity contribution in [1.29, 1.82) is 0 Å². The molecule has 0 aliphatic heterocycles. The number of nitro groups is 1. The zero-order valence-corrected chi connectivity index (χ0v) is 19.1. The molecule has 4 rings (SSSR count). The second-order valence-electron chi connectivity index (χ2n) is 7.59. The molecule has 1 amide bonds. The van der Waals surface area contributed by atoms with Gasteiger partial charge in [-0.1, -0.05) is 23.7 Å². The largest absolute Gasteiger partial charge is 0.433 e. The highest BCUT2D eigenvalue weighted by molar-refractivity contribution is 6.30. The first-order valence-corrected chi connectivity index (χ1v) is 10.5. The lowest BCUT2D eigenvalue weighted by atomic mass is 10.1. The normalized spacial score (nSPS) is 11.7. The predicted octanol–water partition coefficient (Wildman–Crippen LogP) is 4.22. The molecule has 4 aromatic rings. The molecule has 1 aromatic carbocycles. The van der Waals surface area contributed by atoms with E-state index in [0.29, 0.717) is 20.8 Å². The summed E-state index contributed by atoms with van der Waals surface area (Å²) in [6.07, 6.45) is -4.76. The molecule has 0 radical (unpaired) electrons. The van der Waals surface area contributed by atoms with Gasteiger partial charge in [0.25, 0.3) is 5.91 Å². The fourth-order valence-electron chi connectivity index (χ4n) is 3.59. The van der Waals surface area contributed by atoms with E-state index < -0.39 is 22.7 Å². The number of rotatable bonds is 6. The number of nitrogens with one attached hydrogen (secondary N) is 1. The Morgan fingerprint density at radius 3 is 2.46 bits per heavy atom. The Hall–Kier alpha value is -4.00. The summed E-state index contributed by atoms with van der Waals surface area (Å²) in [6, 6.07) is 8.13. The summed E-state index contributed by atoms with van der Waals surface area (Å²) >= 11 is 5.85. The van der Waals surface area contributed by atoms with Crippen LogP contribution in [0.25, 0.3) is 16.9 Å². The molecule has 14 heteroatoms. The molecule has 0 atom stereocenters. The Morgan fingerprint density at radius 1 is 1.17 bits per heavy atom. The minimum absolute atomic E-state index is 0.0153. The van der Waals surface area contributed by atoms with E-state index in [9.17, 15) is 28.1 Å². The van der Waals surface area contributed by atoms with E-state index in [0.717, 1.165) is 12.1 Å². The number of fused-ring (bicyclic) bond motifs is 1. The Morgan fingerprint density at radius 2 is 1.86 bits per heavy atom. The molecule has 0 aliphatic rings. The summed E-state index contributed by atoms with van der Waals surface area (Å²) in [6.45, 7) is 3.17. The van der Waals surface area contributed by atoms with Crippen molar-refractivity contribution in [1.82, 2.24) is 29.7 Å². The number of aryl methyl sites for hydroxylation is 1. The molecule has 0 bridgehead atoms. The van der Waals surface area contributed by atoms with E-state index in [2.05, 4.69) is 20.5 Å². The van der Waals surface area contributed by atoms with Crippen LogP contribution in [0, 0.1) is 24.0 Å². The van der Waals surface area contributed by atoms with Crippen molar-refractivity contribution in [2.24, 2.45) is 0 Å². The summed E-state index contributed by atoms with van der Waals surface area (Å²) in [5.41, 5.74) is -0.627. The Labute approximate surface area is 200 Å². The first-order valence-electron chi connectivity index (χ1n) is 10.2. The quantitative estimate of drug-likeness (QED) is 0.308. The number of carbonyl (C=O) groups is 1. The van der Waals surface area contributed by atoms with Gasteiger partial charge in [-0.3, -0.25) is 19.6 Å². The number of carbonyl (C=O) groups excluding carboxylic acids is 1. The number of hydrogen-bond donors (Lipinski definition) is 1. The number of alkyl halides is 3. The molecule has 182 valence electrons. The molecule has 0 saturated carbocycles. The van der Waals surface area contributed by atoms with Crippen LogP contribution in [0.15, 0.2) is 36.4 Å². The Bertz CT molecular complexity index is 1450. The van der Waals surface area contributed by atoms with Crippen LogP contribution < -0.4 is 5.32 Å². The van der Waals surface area contributed by atoms with E-state index in [1.165, 1.54) is 42.8 Å². The van der Waals surface area contributed by atoms with Gasteiger partial charge in [-0.25, -0.2) is 9.50 Å². The summed E-state index contributed by atoms with van der Waals surface area (Å²) < 4.78 is 43.2. The van der Waals surface area contributed by atoms with Crippen molar-refractivity contribution in [3.05, 3.63) is 74.3 Å². The first-order chi connectivity index (χ1) is 16.5. The van der Waals surface area contributed by atoms with Crippen LogP contribution in [0.3, 0.4) is 0 Å². The van der Waals surface area contributed by atoms with Gasteiger partial charge in [0, 0.05) is 23.2 Å². The minimum atomic E-state index is -4.76. The monoisotopic (exact) mass is 507 g/mol. The van der Waals surface area contributed by atoms with Crippen LogP contribution in [0.1, 0.15) is 27.6 Å². The highest BCUT2D eigenvalue weighted by atomic mass is 35.5. The number of aromatic nitrogens is 5. The predicted molar refractivity (Wildman–Crippen MR) is 119 cm³/mol. The van der Waals surface area contributed by atoms with Crippen LogP contribution in [0.2, 0.25) is 5.02 Å². The Kier molecular flexibility index (Phi) is 6.19. The zero-order valence-electron chi connectivity index (χ0n) is 18.3. The standard InChI is InChI=1S/C21H17ClF3N7O3/c1-11-19(32(34)35)12(2)30(28-11)8-7-26-20(33)16-10-18-27-15(13-3-5-14(22)6-4-13)9-17(21(23,24)25)31(18)29-16/h3-6,9-10H,7-8H2,1-2H3,(H,26,33). The van der Waals surface area contributed by atoms with Gasteiger partial charge < -0.3 is 5.32 Å². The van der Waals surface area contributed by atoms with Crippen molar-refractivity contribution in [2.45, 2.75) is 26.6 Å². The number of nitrogens with zero attached hydrogens (tertiary/aromatic N) is 6. The van der Waals surface area contributed by atoms with Crippen molar-refractivity contribution >= 4 is 28.8 Å². The number of halogens is 4. The maximum atomic E-state index is 13.7. The van der Waals surface area contributed by atoms with Crippen LogP contribution in [0.5, 0.6) is 0 Å². The highest BCUT2D eigenvalue weighted by Crippen LogP contribution is 2.32. The van der Waals surface area contributed by atoms with Gasteiger partial charge in [0.15, 0.2) is 17.0 Å². The van der Waals surface area contributed by atoms with Gasteiger partial charge in [-0.2, -0.15) is 23.4 Å². The third-order valence-electron chi connectivity index (χ3n) is 5.23. The third-order valence-corrected chi connectivity index (χ3v) is 5.48. The summed E-state index contributed by atoms with van der Waals surface area (Å²) in [7, 11) is 0. The molecule has 0 aliphatic carbocycles. The van der Waals surface area contributed by atoms with Crippen LogP contribution in [-0.2, 0) is 12.7 Å². The second kappa shape index (κ2) is 8.98. The molecule has 3 aromatic heterocycles. The van der Waals surface area contributed by atoms with Gasteiger partial charge in [-0.05, 0) is 32.0 Å². The van der Waals surface area contributed by atoms with E-state index in [1.54, 1.807) is 0 Å². The van der Waals surface area contributed by atoms with Crippen molar-refractivity contribution in [2.75, 3.05) is 6.54 Å². The molecular formula is C21H17ClF3N7O3. The number of benzene rings is 1. The van der Waals surface area contributed by atoms with Gasteiger partial charge in [0.2, 0.25) is 0 Å². The van der Waals surface area contributed by atoms with E-state index in [-0.39, 0.29) is 41.5 Å². The van der Waals surface area contributed by atoms with Crippen LogP contribution >= 0.6 is 11.6 Å². The van der Waals surface area contributed by atoms with Gasteiger partial charge >= 0.3 is 11.9 Å². The maximum absolute atomic E-state index is 13.7. The fraction of sp³-hybridized carbons (Fsp3) is 0.238. The average molecular weight is 508 g/mol. The zero-order chi connectivity index (χ0) is 25.5. The highest BCUT2D eigenvalue weighted by Gasteiger charge is 2.35. The number of hydrogen-bond acceptors (Lipinski definition) is 6. The molecule has 1 N–H and O–H groups in total. The number of amides is 1. The molecule has 0 spiro atoms. The minimum Gasteiger partial charge on any atom is -0.349 e. The summed E-state index contributed by atoms with van der Waals surface area (Å²) in [5, 5.41) is 22.0. The van der Waals surface area contributed by atoms with Crippen molar-refractivity contribution in [3.63, 3.8) is 0 Å². The van der Waals surface area contributed by atoms with E-state index in [1.807, 2.05) is 0 Å². The topological polar surface area (TPSA) is 120 Å². The molecule has 35 heavy (non-hydrogen) atoms. The molecule has 3 heterocycles. The Balaban J connectivity index is 1.59. The average Bonchev–Trinajstić information content (AvgIpc) is 3.33. The maximum Gasteiger partial charge on any atom is 0.433 e. The van der Waals surface area contributed by atoms with E-state index >= 15 is 0 Å². The summed E-state index contributed by atoms with van der Waals surface area (Å²) in [5.74, 6) is -0.729. The van der Waals surface area contributed by atoms with Gasteiger partial charge in [0.1, 0.15) is 11.4 Å². The third kappa shape index (κ3) is 4.80. The van der Waals surface area contributed by atoms with Crippen molar-refractivity contribution < 1.29 is 22.9 Å². The molecular weight excluding hydrogens is 491 g/mol. The fourth-order valence-corrected chi connectivity index (χ4v) is 3.72. The van der Waals surface area contributed by atoms with Crippen molar-refractivity contribution in [3.8, 4) is 11.3 Å². The summed E-state index contributed by atoms with van der Waals surface area (Å²) in [4.78, 5) is 27.4. The first kappa shape index (κ1) is 24.1. The lowest BCUT2D eigenvalue weighted by molar-refractivity contribution is -0.386. The smallest absolute Gasteiger partial charge is 0.349 e. The lowest BCUT2D eigenvalue weighted by Gasteiger charge is -2.11. The molecule has 0 saturated heterocycles. The second-order valence-corrected chi connectivity index (χ2v) is 8.02. The molecule has 10 nitrogen and oxygen atoms in total. The lowest BCUT2D eigenvalue weighted by Crippen LogP contribution is -2.28. The van der Waals surface area contributed by atoms with E-state index in [4.69, 9.17) is 11.6 Å². The molecule has 0 unspecified atom stereocenters. The van der Waals surface area contributed by atoms with Gasteiger partial charge in [-0.15, -0.1) is 0 Å². The van der Waals surface area contributed by atoms with Crippen LogP contribution in [0.4, 0.5) is 18.9 Å². The SMILES string of the molecule is Cc1nn(CCNC(=O)c2cc3nc(-c4ccc(Cl)cc4)cc(C(F)(F)F)n3n2)c(C)c1[N+](=O)[O-]. The van der Waals surface area contributed by atoms with Gasteiger partial charge in [0.05, 0.1) is 17.2 Å². The van der Waals surface area contributed by atoms with Crippen LogP contribution in [-0.4, -0.2) is 41.8 Å².